The number of nitrogens with zero attached hydrogens (tertiary/aromatic N) is 1. The molecule has 0 unspecified atom stereocenters. The van der Waals surface area contributed by atoms with Crippen molar-refractivity contribution in [1.82, 2.24) is 10.2 Å². The predicted molar refractivity (Wildman–Crippen MR) is 86.7 cm³/mol. The van der Waals surface area contributed by atoms with Gasteiger partial charge in [0.25, 0.3) is 0 Å². The third-order valence-corrected chi connectivity index (χ3v) is 4.71. The summed E-state index contributed by atoms with van der Waals surface area (Å²) in [6.45, 7) is 3.33. The maximum atomic E-state index is 12.6. The van der Waals surface area contributed by atoms with E-state index >= 15 is 0 Å². The molecule has 1 aromatic carbocycles. The minimum atomic E-state index is 0.0524. The normalized spacial score (nSPS) is 25.4. The number of benzene rings is 1. The van der Waals surface area contributed by atoms with E-state index < -0.39 is 0 Å². The Morgan fingerprint density at radius 3 is 2.95 bits per heavy atom. The van der Waals surface area contributed by atoms with E-state index in [2.05, 4.69) is 34.5 Å². The van der Waals surface area contributed by atoms with Crippen molar-refractivity contribution in [3.05, 3.63) is 35.9 Å². The topological polar surface area (TPSA) is 41.6 Å². The van der Waals surface area contributed by atoms with Crippen LogP contribution < -0.4 is 5.32 Å². The highest BCUT2D eigenvalue weighted by atomic mass is 16.5. The van der Waals surface area contributed by atoms with Crippen LogP contribution in [0.15, 0.2) is 30.3 Å². The van der Waals surface area contributed by atoms with Gasteiger partial charge in [0.1, 0.15) is 0 Å². The Morgan fingerprint density at radius 2 is 2.18 bits per heavy atom. The Hall–Kier alpha value is -1.39. The number of morpholine rings is 1. The molecule has 0 bridgehead atoms. The summed E-state index contributed by atoms with van der Waals surface area (Å²) in [6.07, 6.45) is 4.97. The Balaban J connectivity index is 1.50. The molecular weight excluding hydrogens is 276 g/mol. The molecule has 4 heteroatoms. The molecule has 1 amide bonds. The van der Waals surface area contributed by atoms with Crippen LogP contribution in [0.1, 0.15) is 31.2 Å². The van der Waals surface area contributed by atoms with Crippen LogP contribution in [-0.4, -0.2) is 49.2 Å². The van der Waals surface area contributed by atoms with E-state index in [1.807, 2.05) is 6.07 Å². The maximum absolute atomic E-state index is 12.6. The molecule has 0 aromatic heterocycles. The van der Waals surface area contributed by atoms with Gasteiger partial charge in [0.2, 0.25) is 5.91 Å². The van der Waals surface area contributed by atoms with E-state index in [0.29, 0.717) is 12.5 Å². The third kappa shape index (κ3) is 4.08. The van der Waals surface area contributed by atoms with E-state index in [9.17, 15) is 4.79 Å². The number of carbonyl (C=O) groups excluding carboxylic acids is 1. The highest BCUT2D eigenvalue weighted by molar-refractivity contribution is 5.77. The summed E-state index contributed by atoms with van der Waals surface area (Å²) in [7, 11) is 0. The average molecular weight is 302 g/mol. The first-order chi connectivity index (χ1) is 10.8. The van der Waals surface area contributed by atoms with Gasteiger partial charge in [0.15, 0.2) is 0 Å². The predicted octanol–water partition coefficient (Wildman–Crippen LogP) is 1.99. The van der Waals surface area contributed by atoms with Crippen LogP contribution in [0.25, 0.3) is 0 Å². The molecule has 2 aliphatic rings. The van der Waals surface area contributed by atoms with Crippen LogP contribution in [0.4, 0.5) is 0 Å². The molecule has 0 spiro atoms. The van der Waals surface area contributed by atoms with Crippen LogP contribution in [-0.2, 0) is 16.0 Å². The fourth-order valence-electron chi connectivity index (χ4n) is 3.50. The molecule has 2 atom stereocenters. The number of hydrogen-bond donors (Lipinski definition) is 1. The summed E-state index contributed by atoms with van der Waals surface area (Å²) in [5, 5.41) is 3.29. The van der Waals surface area contributed by atoms with Crippen molar-refractivity contribution in [3.63, 3.8) is 0 Å². The smallest absolute Gasteiger partial charge is 0.225 e. The molecule has 1 N–H and O–H groups in total. The molecule has 22 heavy (non-hydrogen) atoms. The van der Waals surface area contributed by atoms with Gasteiger partial charge in [-0.2, -0.15) is 0 Å². The van der Waals surface area contributed by atoms with Crippen molar-refractivity contribution in [2.24, 2.45) is 0 Å². The largest absolute Gasteiger partial charge is 0.375 e. The van der Waals surface area contributed by atoms with Crippen LogP contribution in [0.2, 0.25) is 0 Å². The van der Waals surface area contributed by atoms with Crippen molar-refractivity contribution in [2.45, 2.75) is 44.2 Å². The fourth-order valence-corrected chi connectivity index (χ4v) is 3.50. The molecule has 1 aromatic rings. The van der Waals surface area contributed by atoms with Crippen LogP contribution in [0.3, 0.4) is 0 Å². The molecule has 0 radical (unpaired) electrons. The highest BCUT2D eigenvalue weighted by Crippen LogP contribution is 2.23. The second-order valence-electron chi connectivity index (χ2n) is 6.31. The number of ether oxygens (including phenoxy) is 1. The minimum absolute atomic E-state index is 0.0524. The van der Waals surface area contributed by atoms with Crippen molar-refractivity contribution in [3.8, 4) is 0 Å². The molecule has 0 aliphatic carbocycles. The molecule has 2 aliphatic heterocycles. The standard InChI is InChI=1S/C18H26N2O2/c21-18(13-17-14-19-10-12-22-17)20-11-4-7-16(20)9-8-15-5-2-1-3-6-15/h1-3,5-6,16-17,19H,4,7-14H2/t16-,17+/m1/s1. The van der Waals surface area contributed by atoms with Gasteiger partial charge < -0.3 is 15.0 Å². The minimum Gasteiger partial charge on any atom is -0.375 e. The number of amides is 1. The van der Waals surface area contributed by atoms with Crippen molar-refractivity contribution >= 4 is 5.91 Å². The lowest BCUT2D eigenvalue weighted by atomic mass is 10.0. The van der Waals surface area contributed by atoms with Gasteiger partial charge in [-0.25, -0.2) is 0 Å². The van der Waals surface area contributed by atoms with E-state index in [4.69, 9.17) is 4.74 Å². The molecule has 0 saturated carbocycles. The van der Waals surface area contributed by atoms with Crippen molar-refractivity contribution in [2.75, 3.05) is 26.2 Å². The summed E-state index contributed by atoms with van der Waals surface area (Å²) in [5.74, 6) is 0.268. The van der Waals surface area contributed by atoms with Crippen molar-refractivity contribution in [1.29, 1.82) is 0 Å². The zero-order valence-electron chi connectivity index (χ0n) is 13.2. The second-order valence-corrected chi connectivity index (χ2v) is 6.31. The number of nitrogens with one attached hydrogen (secondary N) is 1. The van der Waals surface area contributed by atoms with Gasteiger partial charge in [-0.1, -0.05) is 30.3 Å². The first kappa shape index (κ1) is 15.5. The van der Waals surface area contributed by atoms with Crippen LogP contribution >= 0.6 is 0 Å². The molecule has 2 saturated heterocycles. The third-order valence-electron chi connectivity index (χ3n) is 4.71. The fraction of sp³-hybridized carbons (Fsp3) is 0.611. The summed E-state index contributed by atoms with van der Waals surface area (Å²) in [5.41, 5.74) is 1.36. The number of aryl methyl sites for hydroxylation is 1. The van der Waals surface area contributed by atoms with Gasteiger partial charge in [-0.3, -0.25) is 4.79 Å². The lowest BCUT2D eigenvalue weighted by Gasteiger charge is -2.28. The monoisotopic (exact) mass is 302 g/mol. The van der Waals surface area contributed by atoms with Gasteiger partial charge in [-0.05, 0) is 31.2 Å². The second kappa shape index (κ2) is 7.75. The summed E-state index contributed by atoms with van der Waals surface area (Å²) in [4.78, 5) is 14.7. The Labute approximate surface area is 132 Å². The molecule has 2 fully saturated rings. The zero-order valence-corrected chi connectivity index (χ0v) is 13.2. The Bertz CT molecular complexity index is 471. The molecule has 2 heterocycles. The maximum Gasteiger partial charge on any atom is 0.225 e. The number of likely N-dealkylation sites (tertiary alicyclic amines) is 1. The average Bonchev–Trinajstić information content (AvgIpc) is 3.03. The number of carbonyl (C=O) groups is 1. The zero-order chi connectivity index (χ0) is 15.2. The molecule has 3 rings (SSSR count). The van der Waals surface area contributed by atoms with Gasteiger partial charge in [0.05, 0.1) is 19.1 Å². The Kier molecular flexibility index (Phi) is 5.46. The summed E-state index contributed by atoms with van der Waals surface area (Å²) in [6, 6.07) is 11.0. The van der Waals surface area contributed by atoms with Gasteiger partial charge in [-0.15, -0.1) is 0 Å². The summed E-state index contributed by atoms with van der Waals surface area (Å²) >= 11 is 0. The number of rotatable bonds is 5. The quantitative estimate of drug-likeness (QED) is 0.904. The first-order valence-corrected chi connectivity index (χ1v) is 8.48. The van der Waals surface area contributed by atoms with E-state index in [-0.39, 0.29) is 12.0 Å². The SMILES string of the molecule is O=C(C[C@H]1CNCCO1)N1CCC[C@@H]1CCc1ccccc1. The van der Waals surface area contributed by atoms with E-state index in [0.717, 1.165) is 51.9 Å². The lowest BCUT2D eigenvalue weighted by Crippen LogP contribution is -2.43. The van der Waals surface area contributed by atoms with Crippen LogP contribution in [0.5, 0.6) is 0 Å². The Morgan fingerprint density at radius 1 is 1.32 bits per heavy atom. The first-order valence-electron chi connectivity index (χ1n) is 8.48. The number of hydrogen-bond acceptors (Lipinski definition) is 3. The van der Waals surface area contributed by atoms with E-state index in [1.54, 1.807) is 0 Å². The van der Waals surface area contributed by atoms with Gasteiger partial charge in [0, 0.05) is 25.7 Å². The molecule has 120 valence electrons. The van der Waals surface area contributed by atoms with Crippen molar-refractivity contribution < 1.29 is 9.53 Å². The van der Waals surface area contributed by atoms with Crippen LogP contribution in [0, 0.1) is 0 Å². The molecule has 4 nitrogen and oxygen atoms in total. The lowest BCUT2D eigenvalue weighted by molar-refractivity contribution is -0.135. The van der Waals surface area contributed by atoms with E-state index in [1.165, 1.54) is 5.56 Å². The molecular formula is C18H26N2O2. The summed E-state index contributed by atoms with van der Waals surface area (Å²) < 4.78 is 5.66. The highest BCUT2D eigenvalue weighted by Gasteiger charge is 2.30. The van der Waals surface area contributed by atoms with Gasteiger partial charge >= 0.3 is 0 Å².